The largest absolute Gasteiger partial charge is 0.360 e. The molecule has 1 aromatic heterocycles. The molecule has 2 heterocycles. The highest BCUT2D eigenvalue weighted by Crippen LogP contribution is 2.33. The van der Waals surface area contributed by atoms with Crippen LogP contribution in [0, 0.1) is 6.92 Å². The summed E-state index contributed by atoms with van der Waals surface area (Å²) < 4.78 is 5.33. The number of carbonyl (C=O) groups is 1. The topological polar surface area (TPSA) is 46.3 Å². The van der Waals surface area contributed by atoms with Crippen molar-refractivity contribution >= 4 is 17.5 Å². The van der Waals surface area contributed by atoms with Crippen molar-refractivity contribution < 1.29 is 9.32 Å². The highest BCUT2D eigenvalue weighted by Gasteiger charge is 2.31. The van der Waals surface area contributed by atoms with E-state index in [1.165, 1.54) is 6.42 Å². The summed E-state index contributed by atoms with van der Waals surface area (Å²) in [5.74, 6) is 0.551. The van der Waals surface area contributed by atoms with E-state index in [2.05, 4.69) is 12.1 Å². The summed E-state index contributed by atoms with van der Waals surface area (Å²) >= 11 is 6.28. The number of aromatic nitrogens is 1. The molecule has 4 nitrogen and oxygen atoms in total. The summed E-state index contributed by atoms with van der Waals surface area (Å²) in [5, 5.41) is 4.68. The number of hydrogen-bond donors (Lipinski definition) is 0. The van der Waals surface area contributed by atoms with Gasteiger partial charge in [0.1, 0.15) is 17.0 Å². The summed E-state index contributed by atoms with van der Waals surface area (Å²) in [6.07, 6.45) is 4.27. The number of piperidine rings is 1. The molecular weight excluding hydrogens is 312 g/mol. The van der Waals surface area contributed by atoms with Gasteiger partial charge in [-0.05, 0) is 38.7 Å². The third-order valence-electron chi connectivity index (χ3n) is 4.56. The second-order valence-corrected chi connectivity index (χ2v) is 6.41. The van der Waals surface area contributed by atoms with Gasteiger partial charge in [-0.25, -0.2) is 0 Å². The van der Waals surface area contributed by atoms with Crippen molar-refractivity contribution in [1.29, 1.82) is 0 Å². The van der Waals surface area contributed by atoms with Crippen LogP contribution in [-0.4, -0.2) is 28.6 Å². The van der Waals surface area contributed by atoms with E-state index < -0.39 is 0 Å². The Morgan fingerprint density at radius 1 is 1.39 bits per heavy atom. The van der Waals surface area contributed by atoms with Crippen molar-refractivity contribution in [2.75, 3.05) is 6.54 Å². The minimum Gasteiger partial charge on any atom is -0.360 e. The predicted molar refractivity (Wildman–Crippen MR) is 90.7 cm³/mol. The van der Waals surface area contributed by atoms with Crippen LogP contribution in [-0.2, 0) is 0 Å². The van der Waals surface area contributed by atoms with E-state index in [1.807, 2.05) is 23.1 Å². The van der Waals surface area contributed by atoms with Gasteiger partial charge in [0.25, 0.3) is 5.91 Å². The van der Waals surface area contributed by atoms with Crippen LogP contribution in [0.15, 0.2) is 28.8 Å². The summed E-state index contributed by atoms with van der Waals surface area (Å²) in [4.78, 5) is 15.1. The van der Waals surface area contributed by atoms with Gasteiger partial charge in [-0.3, -0.25) is 4.79 Å². The maximum absolute atomic E-state index is 13.1. The molecule has 1 saturated heterocycles. The van der Waals surface area contributed by atoms with Crippen LogP contribution in [0.1, 0.15) is 48.7 Å². The molecule has 1 aliphatic heterocycles. The first-order chi connectivity index (χ1) is 11.1. The number of aryl methyl sites for hydroxylation is 1. The molecule has 0 unspecified atom stereocenters. The Labute approximate surface area is 141 Å². The highest BCUT2D eigenvalue weighted by molar-refractivity contribution is 6.33. The van der Waals surface area contributed by atoms with Gasteiger partial charge in [-0.15, -0.1) is 0 Å². The Hall–Kier alpha value is -1.81. The first kappa shape index (κ1) is 16.1. The van der Waals surface area contributed by atoms with E-state index in [4.69, 9.17) is 16.1 Å². The number of carbonyl (C=O) groups excluding carboxylic acids is 1. The fourth-order valence-corrected chi connectivity index (χ4v) is 3.52. The Balaban J connectivity index is 2.01. The zero-order valence-corrected chi connectivity index (χ0v) is 14.3. The lowest BCUT2D eigenvalue weighted by atomic mass is 9.97. The summed E-state index contributed by atoms with van der Waals surface area (Å²) in [5.41, 5.74) is 1.82. The lowest BCUT2D eigenvalue weighted by molar-refractivity contribution is 0.0607. The molecule has 2 aromatic rings. The fourth-order valence-electron chi connectivity index (χ4n) is 3.30. The lowest BCUT2D eigenvalue weighted by Crippen LogP contribution is -2.43. The molecule has 0 spiro atoms. The quantitative estimate of drug-likeness (QED) is 0.817. The van der Waals surface area contributed by atoms with E-state index in [0.717, 1.165) is 31.4 Å². The molecule has 3 rings (SSSR count). The SMILES string of the molecule is CC[C@@H]1CCCCN1C(=O)c1c(-c2ccccc2Cl)noc1C. The van der Waals surface area contributed by atoms with Gasteiger partial charge >= 0.3 is 0 Å². The molecule has 5 heteroatoms. The summed E-state index contributed by atoms with van der Waals surface area (Å²) in [7, 11) is 0. The molecule has 0 aliphatic carbocycles. The second kappa shape index (κ2) is 6.75. The van der Waals surface area contributed by atoms with Crippen molar-refractivity contribution in [2.24, 2.45) is 0 Å². The van der Waals surface area contributed by atoms with E-state index in [9.17, 15) is 4.79 Å². The Bertz CT molecular complexity index is 711. The highest BCUT2D eigenvalue weighted by atomic mass is 35.5. The molecule has 1 aromatic carbocycles. The number of rotatable bonds is 3. The molecule has 1 aliphatic rings. The molecule has 0 bridgehead atoms. The number of likely N-dealkylation sites (tertiary alicyclic amines) is 1. The molecular formula is C18H21ClN2O2. The van der Waals surface area contributed by atoms with Crippen LogP contribution in [0.25, 0.3) is 11.3 Å². The van der Waals surface area contributed by atoms with Gasteiger partial charge in [-0.2, -0.15) is 0 Å². The summed E-state index contributed by atoms with van der Waals surface area (Å²) in [6, 6.07) is 7.70. The van der Waals surface area contributed by atoms with Crippen molar-refractivity contribution in [3.05, 3.63) is 40.6 Å². The van der Waals surface area contributed by atoms with Gasteiger partial charge in [-0.1, -0.05) is 41.9 Å². The molecule has 122 valence electrons. The van der Waals surface area contributed by atoms with Gasteiger partial charge in [0.05, 0.1) is 5.02 Å². The monoisotopic (exact) mass is 332 g/mol. The number of hydrogen-bond acceptors (Lipinski definition) is 3. The average Bonchev–Trinajstić information content (AvgIpc) is 2.96. The average molecular weight is 333 g/mol. The van der Waals surface area contributed by atoms with Crippen molar-refractivity contribution in [1.82, 2.24) is 10.1 Å². The van der Waals surface area contributed by atoms with Crippen molar-refractivity contribution in [3.63, 3.8) is 0 Å². The molecule has 0 radical (unpaired) electrons. The molecule has 1 amide bonds. The Kier molecular flexibility index (Phi) is 4.71. The number of amides is 1. The smallest absolute Gasteiger partial charge is 0.259 e. The van der Waals surface area contributed by atoms with Gasteiger partial charge < -0.3 is 9.42 Å². The molecule has 0 N–H and O–H groups in total. The van der Waals surface area contributed by atoms with Crippen molar-refractivity contribution in [3.8, 4) is 11.3 Å². The number of nitrogens with zero attached hydrogens (tertiary/aromatic N) is 2. The third kappa shape index (κ3) is 3.00. The number of halogens is 1. The van der Waals surface area contributed by atoms with Gasteiger partial charge in [0.15, 0.2) is 0 Å². The molecule has 23 heavy (non-hydrogen) atoms. The van der Waals surface area contributed by atoms with E-state index in [-0.39, 0.29) is 5.91 Å². The van der Waals surface area contributed by atoms with Crippen molar-refractivity contribution in [2.45, 2.75) is 45.6 Å². The maximum atomic E-state index is 13.1. The van der Waals surface area contributed by atoms with E-state index in [1.54, 1.807) is 13.0 Å². The second-order valence-electron chi connectivity index (χ2n) is 6.00. The summed E-state index contributed by atoms with van der Waals surface area (Å²) in [6.45, 7) is 4.71. The number of benzene rings is 1. The van der Waals surface area contributed by atoms with Crippen LogP contribution >= 0.6 is 11.6 Å². The van der Waals surface area contributed by atoms with Crippen LogP contribution in [0.5, 0.6) is 0 Å². The Morgan fingerprint density at radius 3 is 2.91 bits per heavy atom. The normalized spacial score (nSPS) is 18.2. The minimum absolute atomic E-state index is 0.00483. The molecule has 0 saturated carbocycles. The molecule has 1 atom stereocenters. The van der Waals surface area contributed by atoms with Gasteiger partial charge in [0.2, 0.25) is 0 Å². The van der Waals surface area contributed by atoms with E-state index >= 15 is 0 Å². The third-order valence-corrected chi connectivity index (χ3v) is 4.89. The maximum Gasteiger partial charge on any atom is 0.259 e. The van der Waals surface area contributed by atoms with Gasteiger partial charge in [0, 0.05) is 18.2 Å². The van der Waals surface area contributed by atoms with E-state index in [0.29, 0.717) is 28.1 Å². The first-order valence-electron chi connectivity index (χ1n) is 8.15. The van der Waals surface area contributed by atoms with Crippen LogP contribution in [0.4, 0.5) is 0 Å². The zero-order chi connectivity index (χ0) is 16.4. The lowest BCUT2D eigenvalue weighted by Gasteiger charge is -2.35. The van der Waals surface area contributed by atoms with Crippen LogP contribution in [0.2, 0.25) is 5.02 Å². The fraction of sp³-hybridized carbons (Fsp3) is 0.444. The zero-order valence-electron chi connectivity index (χ0n) is 13.5. The Morgan fingerprint density at radius 2 is 2.17 bits per heavy atom. The van der Waals surface area contributed by atoms with Crippen LogP contribution in [0.3, 0.4) is 0 Å². The van der Waals surface area contributed by atoms with Crippen LogP contribution < -0.4 is 0 Å². The standard InChI is InChI=1S/C18H21ClN2O2/c1-3-13-8-6-7-11-21(13)18(22)16-12(2)23-20-17(16)14-9-4-5-10-15(14)19/h4-5,9-10,13H,3,6-8,11H2,1-2H3/t13-/m1/s1. The molecule has 1 fully saturated rings. The predicted octanol–water partition coefficient (Wildman–Crippen LogP) is 4.71. The minimum atomic E-state index is 0.00483. The first-order valence-corrected chi connectivity index (χ1v) is 8.53.